The molecule has 2 N–H and O–H groups in total. The standard InChI is InChI=1S/C15H21N5O2.CH2O2/c21-12(9-19-7-3-1-2-4-8-19)10-20-11-18-14-13(15(20)22)16-5-6-17-14;2-1-3/h5-6,11-12,21H,1-4,7-10H2;1H,(H,2,3). The SMILES string of the molecule is O=CO.O=c1c2nccnc2ncn1CC(O)CN1CCCCCC1. The number of fused-ring (bicyclic) bond motifs is 1. The fourth-order valence-electron chi connectivity index (χ4n) is 2.92. The number of β-amino-alcohol motifs (C(OH)–C–C–N with tert-alkyl or cyclic N) is 1. The van der Waals surface area contributed by atoms with E-state index in [-0.39, 0.29) is 24.1 Å². The Morgan fingerprint density at radius 2 is 1.72 bits per heavy atom. The predicted molar refractivity (Wildman–Crippen MR) is 91.2 cm³/mol. The van der Waals surface area contributed by atoms with Crippen LogP contribution in [0.3, 0.4) is 0 Å². The molecule has 3 rings (SSSR count). The Morgan fingerprint density at radius 1 is 1.08 bits per heavy atom. The highest BCUT2D eigenvalue weighted by Crippen LogP contribution is 2.10. The van der Waals surface area contributed by atoms with Crippen molar-refractivity contribution in [2.75, 3.05) is 19.6 Å². The van der Waals surface area contributed by atoms with Gasteiger partial charge in [0.2, 0.25) is 0 Å². The molecule has 2 aromatic rings. The van der Waals surface area contributed by atoms with Gasteiger partial charge in [-0.25, -0.2) is 15.0 Å². The summed E-state index contributed by atoms with van der Waals surface area (Å²) < 4.78 is 1.42. The molecule has 1 atom stereocenters. The van der Waals surface area contributed by atoms with Gasteiger partial charge in [-0.2, -0.15) is 0 Å². The summed E-state index contributed by atoms with van der Waals surface area (Å²) in [5, 5.41) is 17.2. The third-order valence-corrected chi connectivity index (χ3v) is 4.04. The lowest BCUT2D eigenvalue weighted by atomic mass is 10.2. The second-order valence-corrected chi connectivity index (χ2v) is 5.90. The molecule has 1 aliphatic heterocycles. The van der Waals surface area contributed by atoms with E-state index in [4.69, 9.17) is 9.90 Å². The van der Waals surface area contributed by atoms with E-state index in [0.717, 1.165) is 13.1 Å². The minimum atomic E-state index is -0.591. The Hall–Kier alpha value is -2.39. The fourth-order valence-corrected chi connectivity index (χ4v) is 2.92. The second kappa shape index (κ2) is 9.80. The number of likely N-dealkylation sites (tertiary alicyclic amines) is 1. The molecule has 1 aliphatic rings. The molecule has 0 amide bonds. The molecule has 1 saturated heterocycles. The molecule has 0 aliphatic carbocycles. The van der Waals surface area contributed by atoms with Crippen LogP contribution >= 0.6 is 0 Å². The summed E-state index contributed by atoms with van der Waals surface area (Å²) in [6.07, 6.45) is 8.71. The van der Waals surface area contributed by atoms with E-state index in [1.165, 1.54) is 49.0 Å². The molecular formula is C16H23N5O4. The number of carbonyl (C=O) groups is 1. The average Bonchev–Trinajstić information content (AvgIpc) is 2.87. The minimum absolute atomic E-state index is 0.231. The van der Waals surface area contributed by atoms with Crippen LogP contribution in [0.15, 0.2) is 23.5 Å². The van der Waals surface area contributed by atoms with Crippen molar-refractivity contribution in [1.29, 1.82) is 0 Å². The van der Waals surface area contributed by atoms with E-state index >= 15 is 0 Å². The van der Waals surface area contributed by atoms with Crippen LogP contribution in [-0.4, -0.2) is 66.8 Å². The Labute approximate surface area is 145 Å². The molecule has 2 aromatic heterocycles. The van der Waals surface area contributed by atoms with Crippen LogP contribution in [0.1, 0.15) is 25.7 Å². The van der Waals surface area contributed by atoms with Gasteiger partial charge in [-0.15, -0.1) is 0 Å². The van der Waals surface area contributed by atoms with Gasteiger partial charge < -0.3 is 15.1 Å². The zero-order valence-electron chi connectivity index (χ0n) is 14.0. The summed E-state index contributed by atoms with van der Waals surface area (Å²) in [6, 6.07) is 0. The summed E-state index contributed by atoms with van der Waals surface area (Å²) in [7, 11) is 0. The highest BCUT2D eigenvalue weighted by molar-refractivity contribution is 5.66. The van der Waals surface area contributed by atoms with E-state index in [0.29, 0.717) is 12.2 Å². The summed E-state index contributed by atoms with van der Waals surface area (Å²) in [5.41, 5.74) is 0.325. The van der Waals surface area contributed by atoms with E-state index in [1.807, 2.05) is 0 Å². The van der Waals surface area contributed by atoms with E-state index in [1.54, 1.807) is 0 Å². The van der Waals surface area contributed by atoms with Crippen LogP contribution in [0.4, 0.5) is 0 Å². The first-order valence-electron chi connectivity index (χ1n) is 8.30. The van der Waals surface area contributed by atoms with Gasteiger partial charge in [0, 0.05) is 18.9 Å². The van der Waals surface area contributed by atoms with Gasteiger partial charge in [-0.1, -0.05) is 12.8 Å². The Bertz CT molecular complexity index is 728. The quantitative estimate of drug-likeness (QED) is 0.747. The number of carboxylic acid groups (broad SMARTS) is 1. The zero-order valence-corrected chi connectivity index (χ0v) is 14.0. The van der Waals surface area contributed by atoms with Crippen LogP contribution in [0.5, 0.6) is 0 Å². The van der Waals surface area contributed by atoms with Crippen molar-refractivity contribution >= 4 is 17.6 Å². The summed E-state index contributed by atoms with van der Waals surface area (Å²) >= 11 is 0. The first kappa shape index (κ1) is 18.9. The molecule has 1 unspecified atom stereocenters. The van der Waals surface area contributed by atoms with Crippen molar-refractivity contribution in [3.8, 4) is 0 Å². The molecule has 0 bridgehead atoms. The van der Waals surface area contributed by atoms with Crippen molar-refractivity contribution in [3.05, 3.63) is 29.1 Å². The number of nitrogens with zero attached hydrogens (tertiary/aromatic N) is 5. The third-order valence-electron chi connectivity index (χ3n) is 4.04. The molecule has 9 nitrogen and oxygen atoms in total. The molecule has 0 aromatic carbocycles. The van der Waals surface area contributed by atoms with Crippen LogP contribution < -0.4 is 5.56 Å². The van der Waals surface area contributed by atoms with Gasteiger partial charge in [-0.3, -0.25) is 14.2 Å². The Kier molecular flexibility index (Phi) is 7.42. The summed E-state index contributed by atoms with van der Waals surface area (Å²) in [4.78, 5) is 35.1. The van der Waals surface area contributed by atoms with Crippen molar-refractivity contribution in [1.82, 2.24) is 24.4 Å². The maximum Gasteiger partial charge on any atom is 0.290 e. The van der Waals surface area contributed by atoms with Crippen LogP contribution in [0, 0.1) is 0 Å². The van der Waals surface area contributed by atoms with Gasteiger partial charge >= 0.3 is 0 Å². The van der Waals surface area contributed by atoms with Gasteiger partial charge in [0.05, 0.1) is 12.6 Å². The number of aliphatic hydroxyl groups excluding tert-OH is 1. The first-order valence-corrected chi connectivity index (χ1v) is 8.30. The maximum atomic E-state index is 12.3. The lowest BCUT2D eigenvalue weighted by Gasteiger charge is -2.23. The highest BCUT2D eigenvalue weighted by Gasteiger charge is 2.15. The molecular weight excluding hydrogens is 326 g/mol. The highest BCUT2D eigenvalue weighted by atomic mass is 16.3. The summed E-state index contributed by atoms with van der Waals surface area (Å²) in [5.74, 6) is 0. The largest absolute Gasteiger partial charge is 0.483 e. The monoisotopic (exact) mass is 349 g/mol. The molecule has 0 radical (unpaired) electrons. The van der Waals surface area contributed by atoms with Crippen LogP contribution in [0.2, 0.25) is 0 Å². The minimum Gasteiger partial charge on any atom is -0.483 e. The van der Waals surface area contributed by atoms with Crippen LogP contribution in [-0.2, 0) is 11.3 Å². The Morgan fingerprint density at radius 3 is 2.40 bits per heavy atom. The maximum absolute atomic E-state index is 12.3. The van der Waals surface area contributed by atoms with Gasteiger partial charge in [-0.05, 0) is 25.9 Å². The van der Waals surface area contributed by atoms with Crippen molar-refractivity contribution in [3.63, 3.8) is 0 Å². The van der Waals surface area contributed by atoms with Crippen molar-refractivity contribution in [2.24, 2.45) is 0 Å². The normalized spacial score (nSPS) is 16.5. The van der Waals surface area contributed by atoms with Gasteiger partial charge in [0.1, 0.15) is 6.33 Å². The van der Waals surface area contributed by atoms with Crippen LogP contribution in [0.25, 0.3) is 11.2 Å². The molecule has 3 heterocycles. The first-order chi connectivity index (χ1) is 12.2. The van der Waals surface area contributed by atoms with E-state index in [2.05, 4.69) is 19.9 Å². The van der Waals surface area contributed by atoms with Crippen molar-refractivity contribution < 1.29 is 15.0 Å². The van der Waals surface area contributed by atoms with Gasteiger partial charge in [0.25, 0.3) is 12.0 Å². The molecule has 0 spiro atoms. The third kappa shape index (κ3) is 5.57. The number of hydrogen-bond acceptors (Lipinski definition) is 7. The molecule has 25 heavy (non-hydrogen) atoms. The molecule has 136 valence electrons. The number of aromatic nitrogens is 4. The topological polar surface area (TPSA) is 121 Å². The van der Waals surface area contributed by atoms with Gasteiger partial charge in [0.15, 0.2) is 11.2 Å². The van der Waals surface area contributed by atoms with Crippen molar-refractivity contribution in [2.45, 2.75) is 38.3 Å². The smallest absolute Gasteiger partial charge is 0.290 e. The molecule has 0 saturated carbocycles. The van der Waals surface area contributed by atoms with E-state index < -0.39 is 6.10 Å². The molecule has 9 heteroatoms. The molecule has 1 fully saturated rings. The summed E-state index contributed by atoms with van der Waals surface area (Å²) in [6.45, 7) is 2.61. The zero-order chi connectivity index (χ0) is 18.1. The fraction of sp³-hybridized carbons (Fsp3) is 0.562. The second-order valence-electron chi connectivity index (χ2n) is 5.90. The number of rotatable bonds is 4. The Balaban J connectivity index is 0.000000701. The lowest BCUT2D eigenvalue weighted by Crippen LogP contribution is -2.37. The average molecular weight is 349 g/mol. The number of aliphatic hydroxyl groups is 1. The van der Waals surface area contributed by atoms with E-state index in [9.17, 15) is 9.90 Å². The predicted octanol–water partition coefficient (Wildman–Crippen LogP) is 0.124. The lowest BCUT2D eigenvalue weighted by molar-refractivity contribution is -0.122. The number of hydrogen-bond donors (Lipinski definition) is 2.